The molecular weight excluding hydrogens is 292 g/mol. The molecule has 0 aliphatic carbocycles. The van der Waals surface area contributed by atoms with Crippen LogP contribution in [0.5, 0.6) is 5.75 Å². The van der Waals surface area contributed by atoms with Gasteiger partial charge in [0, 0.05) is 6.54 Å². The summed E-state index contributed by atoms with van der Waals surface area (Å²) in [5.41, 5.74) is 1.88. The molecular formula is C15H15ClN2OS. The normalized spacial score (nSPS) is 9.90. The van der Waals surface area contributed by atoms with Crippen LogP contribution in [-0.4, -0.2) is 12.2 Å². The lowest BCUT2D eigenvalue weighted by Crippen LogP contribution is -2.27. The van der Waals surface area contributed by atoms with Gasteiger partial charge in [0.25, 0.3) is 0 Å². The summed E-state index contributed by atoms with van der Waals surface area (Å²) >= 11 is 11.3. The number of hydrogen-bond acceptors (Lipinski definition) is 2. The Morgan fingerprint density at radius 2 is 2.00 bits per heavy atom. The second-order valence-electron chi connectivity index (χ2n) is 4.14. The molecule has 0 spiro atoms. The zero-order chi connectivity index (χ0) is 14.4. The van der Waals surface area contributed by atoms with Gasteiger partial charge in [-0.1, -0.05) is 35.9 Å². The molecule has 0 aliphatic rings. The number of nitrogens with one attached hydrogen (secondary N) is 2. The molecule has 2 aromatic rings. The van der Waals surface area contributed by atoms with Gasteiger partial charge in [0.15, 0.2) is 5.11 Å². The quantitative estimate of drug-likeness (QED) is 0.841. The SMILES string of the molecule is COc1cccc(CNC(=S)Nc2ccccc2Cl)c1. The third kappa shape index (κ3) is 4.11. The van der Waals surface area contributed by atoms with Gasteiger partial charge in [0.1, 0.15) is 5.75 Å². The van der Waals surface area contributed by atoms with Crippen LogP contribution in [0.1, 0.15) is 5.56 Å². The van der Waals surface area contributed by atoms with E-state index in [9.17, 15) is 0 Å². The molecule has 2 rings (SSSR count). The van der Waals surface area contributed by atoms with Crippen LogP contribution in [-0.2, 0) is 6.54 Å². The minimum absolute atomic E-state index is 0.529. The molecule has 0 radical (unpaired) electrons. The van der Waals surface area contributed by atoms with Crippen molar-refractivity contribution in [3.63, 3.8) is 0 Å². The highest BCUT2D eigenvalue weighted by Crippen LogP contribution is 2.20. The first kappa shape index (κ1) is 14.6. The molecule has 0 bridgehead atoms. The van der Waals surface area contributed by atoms with Crippen molar-refractivity contribution in [1.29, 1.82) is 0 Å². The van der Waals surface area contributed by atoms with E-state index >= 15 is 0 Å². The fourth-order valence-corrected chi connectivity index (χ4v) is 2.06. The molecule has 3 nitrogen and oxygen atoms in total. The van der Waals surface area contributed by atoms with Crippen molar-refractivity contribution in [2.75, 3.05) is 12.4 Å². The summed E-state index contributed by atoms with van der Waals surface area (Å²) in [5, 5.41) is 7.36. The summed E-state index contributed by atoms with van der Waals surface area (Å²) in [4.78, 5) is 0. The molecule has 0 fully saturated rings. The molecule has 0 amide bonds. The van der Waals surface area contributed by atoms with Gasteiger partial charge in [-0.2, -0.15) is 0 Å². The number of anilines is 1. The Labute approximate surface area is 128 Å². The van der Waals surface area contributed by atoms with Crippen LogP contribution in [0.15, 0.2) is 48.5 Å². The summed E-state index contributed by atoms with van der Waals surface area (Å²) in [6.45, 7) is 0.619. The van der Waals surface area contributed by atoms with Crippen molar-refractivity contribution in [3.8, 4) is 5.75 Å². The standard InChI is InChI=1S/C15H15ClN2OS/c1-19-12-6-4-5-11(9-12)10-17-15(20)18-14-8-3-2-7-13(14)16/h2-9H,10H2,1H3,(H2,17,18,20). The highest BCUT2D eigenvalue weighted by molar-refractivity contribution is 7.80. The molecule has 0 aliphatic heterocycles. The maximum Gasteiger partial charge on any atom is 0.171 e. The molecule has 2 N–H and O–H groups in total. The van der Waals surface area contributed by atoms with E-state index in [0.717, 1.165) is 17.0 Å². The average molecular weight is 307 g/mol. The van der Waals surface area contributed by atoms with E-state index in [1.807, 2.05) is 48.5 Å². The third-order valence-electron chi connectivity index (χ3n) is 2.71. The Morgan fingerprint density at radius 3 is 2.75 bits per heavy atom. The first-order chi connectivity index (χ1) is 9.69. The Hall–Kier alpha value is -1.78. The fraction of sp³-hybridized carbons (Fsp3) is 0.133. The number of para-hydroxylation sites is 1. The minimum atomic E-state index is 0.529. The molecule has 0 unspecified atom stereocenters. The van der Waals surface area contributed by atoms with E-state index in [-0.39, 0.29) is 0 Å². The second kappa shape index (κ2) is 7.12. The second-order valence-corrected chi connectivity index (χ2v) is 4.95. The van der Waals surface area contributed by atoms with Gasteiger partial charge >= 0.3 is 0 Å². The van der Waals surface area contributed by atoms with E-state index in [1.165, 1.54) is 0 Å². The van der Waals surface area contributed by atoms with Gasteiger partial charge < -0.3 is 15.4 Å². The van der Waals surface area contributed by atoms with Crippen molar-refractivity contribution in [3.05, 3.63) is 59.1 Å². The Morgan fingerprint density at radius 1 is 1.20 bits per heavy atom. The average Bonchev–Trinajstić information content (AvgIpc) is 2.48. The van der Waals surface area contributed by atoms with Crippen molar-refractivity contribution < 1.29 is 4.74 Å². The summed E-state index contributed by atoms with van der Waals surface area (Å²) in [6, 6.07) is 15.3. The number of benzene rings is 2. The largest absolute Gasteiger partial charge is 0.497 e. The maximum absolute atomic E-state index is 6.06. The molecule has 0 aromatic heterocycles. The van der Waals surface area contributed by atoms with E-state index < -0.39 is 0 Å². The molecule has 0 heterocycles. The fourth-order valence-electron chi connectivity index (χ4n) is 1.69. The lowest BCUT2D eigenvalue weighted by Gasteiger charge is -2.12. The van der Waals surface area contributed by atoms with Gasteiger partial charge in [0.2, 0.25) is 0 Å². The maximum atomic E-state index is 6.06. The Balaban J connectivity index is 1.90. The molecule has 0 saturated heterocycles. The predicted molar refractivity (Wildman–Crippen MR) is 87.5 cm³/mol. The van der Waals surface area contributed by atoms with Crippen LogP contribution >= 0.6 is 23.8 Å². The van der Waals surface area contributed by atoms with E-state index in [4.69, 9.17) is 28.6 Å². The van der Waals surface area contributed by atoms with Crippen molar-refractivity contribution >= 4 is 34.6 Å². The van der Waals surface area contributed by atoms with Gasteiger partial charge in [-0.15, -0.1) is 0 Å². The summed E-state index contributed by atoms with van der Waals surface area (Å²) in [6.07, 6.45) is 0. The first-order valence-electron chi connectivity index (χ1n) is 6.11. The van der Waals surface area contributed by atoms with Crippen LogP contribution in [0.4, 0.5) is 5.69 Å². The Kier molecular flexibility index (Phi) is 5.21. The van der Waals surface area contributed by atoms with Crippen LogP contribution < -0.4 is 15.4 Å². The molecule has 0 atom stereocenters. The molecule has 104 valence electrons. The van der Waals surface area contributed by atoms with E-state index in [2.05, 4.69) is 10.6 Å². The zero-order valence-electron chi connectivity index (χ0n) is 11.0. The smallest absolute Gasteiger partial charge is 0.171 e. The Bertz CT molecular complexity index is 604. The molecule has 20 heavy (non-hydrogen) atoms. The zero-order valence-corrected chi connectivity index (χ0v) is 12.6. The summed E-state index contributed by atoms with van der Waals surface area (Å²) in [5.74, 6) is 0.828. The number of methoxy groups -OCH3 is 1. The highest BCUT2D eigenvalue weighted by Gasteiger charge is 2.02. The number of thiocarbonyl (C=S) groups is 1. The van der Waals surface area contributed by atoms with Gasteiger partial charge in [-0.3, -0.25) is 0 Å². The summed E-state index contributed by atoms with van der Waals surface area (Å²) < 4.78 is 5.18. The lowest BCUT2D eigenvalue weighted by molar-refractivity contribution is 0.414. The predicted octanol–water partition coefficient (Wildman–Crippen LogP) is 3.84. The van der Waals surface area contributed by atoms with Crippen LogP contribution in [0.3, 0.4) is 0 Å². The van der Waals surface area contributed by atoms with E-state index in [1.54, 1.807) is 7.11 Å². The topological polar surface area (TPSA) is 33.3 Å². The van der Waals surface area contributed by atoms with Gasteiger partial charge in [-0.25, -0.2) is 0 Å². The van der Waals surface area contributed by atoms with Crippen LogP contribution in [0.25, 0.3) is 0 Å². The monoisotopic (exact) mass is 306 g/mol. The van der Waals surface area contributed by atoms with Crippen LogP contribution in [0.2, 0.25) is 5.02 Å². The number of halogens is 1. The van der Waals surface area contributed by atoms with Gasteiger partial charge in [-0.05, 0) is 42.0 Å². The van der Waals surface area contributed by atoms with Gasteiger partial charge in [0.05, 0.1) is 17.8 Å². The third-order valence-corrected chi connectivity index (χ3v) is 3.29. The minimum Gasteiger partial charge on any atom is -0.497 e. The van der Waals surface area contributed by atoms with Crippen molar-refractivity contribution in [1.82, 2.24) is 5.32 Å². The van der Waals surface area contributed by atoms with Crippen LogP contribution in [0, 0.1) is 0 Å². The van der Waals surface area contributed by atoms with Crippen molar-refractivity contribution in [2.45, 2.75) is 6.54 Å². The first-order valence-corrected chi connectivity index (χ1v) is 6.90. The van der Waals surface area contributed by atoms with E-state index in [0.29, 0.717) is 16.7 Å². The summed E-state index contributed by atoms with van der Waals surface area (Å²) in [7, 11) is 1.65. The molecule has 0 saturated carbocycles. The van der Waals surface area contributed by atoms with Crippen molar-refractivity contribution in [2.24, 2.45) is 0 Å². The highest BCUT2D eigenvalue weighted by atomic mass is 35.5. The number of ether oxygens (including phenoxy) is 1. The molecule has 2 aromatic carbocycles. The lowest BCUT2D eigenvalue weighted by atomic mass is 10.2. The number of rotatable bonds is 4. The molecule has 5 heteroatoms. The number of hydrogen-bond donors (Lipinski definition) is 2.